The number of ketones is 1. The topological polar surface area (TPSA) is 55.8 Å². The first-order valence-corrected chi connectivity index (χ1v) is 10.2. The monoisotopic (exact) mass is 429 g/mol. The minimum Gasteiger partial charge on any atom is -0.491 e. The molecule has 2 aromatic carbocycles. The van der Waals surface area contributed by atoms with Gasteiger partial charge in [-0.3, -0.25) is 9.59 Å². The third-order valence-corrected chi connectivity index (χ3v) is 5.63. The fraction of sp³-hybridized carbons (Fsp3) is 0.304. The van der Waals surface area contributed by atoms with E-state index in [1.165, 1.54) is 24.3 Å². The van der Waals surface area contributed by atoms with Gasteiger partial charge in [-0.2, -0.15) is 0 Å². The van der Waals surface area contributed by atoms with Crippen molar-refractivity contribution >= 4 is 29.4 Å². The first-order valence-electron chi connectivity index (χ1n) is 9.83. The number of rotatable bonds is 5. The Kier molecular flexibility index (Phi) is 6.16. The molecule has 1 aliphatic heterocycles. The van der Waals surface area contributed by atoms with Gasteiger partial charge in [-0.1, -0.05) is 29.8 Å². The van der Waals surface area contributed by atoms with Crippen LogP contribution in [0.1, 0.15) is 27.9 Å². The lowest BCUT2D eigenvalue weighted by molar-refractivity contribution is -0.134. The summed E-state index contributed by atoms with van der Waals surface area (Å²) in [6.45, 7) is 1.47. The van der Waals surface area contributed by atoms with Gasteiger partial charge in [0.25, 0.3) is 0 Å². The highest BCUT2D eigenvalue weighted by molar-refractivity contribution is 6.32. The Bertz CT molecular complexity index is 986. The Labute approximate surface area is 179 Å². The molecule has 0 spiro atoms. The molecule has 2 aromatic rings. The van der Waals surface area contributed by atoms with Crippen molar-refractivity contribution in [2.24, 2.45) is 0 Å². The van der Waals surface area contributed by atoms with Crippen LogP contribution >= 0.6 is 11.6 Å². The lowest BCUT2D eigenvalue weighted by Crippen LogP contribution is -2.47. The summed E-state index contributed by atoms with van der Waals surface area (Å²) in [5.41, 5.74) is 1.86. The van der Waals surface area contributed by atoms with Gasteiger partial charge in [-0.25, -0.2) is 4.39 Å². The second-order valence-electron chi connectivity index (χ2n) is 7.26. The predicted octanol–water partition coefficient (Wildman–Crippen LogP) is 3.93. The van der Waals surface area contributed by atoms with Crippen LogP contribution < -0.4 is 4.74 Å². The van der Waals surface area contributed by atoms with Crippen molar-refractivity contribution in [1.82, 2.24) is 4.90 Å². The molecular weight excluding hydrogens is 409 g/mol. The second kappa shape index (κ2) is 8.98. The van der Waals surface area contributed by atoms with Gasteiger partial charge in [0.05, 0.1) is 18.2 Å². The summed E-state index contributed by atoms with van der Waals surface area (Å²) in [7, 11) is 0. The van der Waals surface area contributed by atoms with E-state index in [-0.39, 0.29) is 35.0 Å². The van der Waals surface area contributed by atoms with Crippen molar-refractivity contribution in [3.8, 4) is 5.75 Å². The van der Waals surface area contributed by atoms with E-state index in [9.17, 15) is 14.0 Å². The fourth-order valence-corrected chi connectivity index (χ4v) is 3.95. The minimum atomic E-state index is -0.478. The Morgan fingerprint density at radius 3 is 2.93 bits per heavy atom. The van der Waals surface area contributed by atoms with Crippen LogP contribution in [0.4, 0.5) is 4.39 Å². The molecule has 0 radical (unpaired) electrons. The summed E-state index contributed by atoms with van der Waals surface area (Å²) >= 11 is 6.00. The van der Waals surface area contributed by atoms with Crippen molar-refractivity contribution in [2.75, 3.05) is 26.3 Å². The van der Waals surface area contributed by atoms with Crippen LogP contribution in [-0.2, 0) is 16.0 Å². The third-order valence-electron chi connectivity index (χ3n) is 5.30. The van der Waals surface area contributed by atoms with Crippen LogP contribution in [0.5, 0.6) is 5.75 Å². The summed E-state index contributed by atoms with van der Waals surface area (Å²) in [4.78, 5) is 26.1. The average molecular weight is 430 g/mol. The van der Waals surface area contributed by atoms with E-state index in [2.05, 4.69) is 0 Å². The molecule has 1 atom stereocenters. The van der Waals surface area contributed by atoms with Gasteiger partial charge in [-0.15, -0.1) is 0 Å². The average Bonchev–Trinajstić information content (AvgIpc) is 3.13. The molecule has 1 fully saturated rings. The number of hydrogen-bond donors (Lipinski definition) is 0. The molecule has 1 heterocycles. The van der Waals surface area contributed by atoms with E-state index in [0.29, 0.717) is 38.3 Å². The van der Waals surface area contributed by atoms with E-state index >= 15 is 0 Å². The lowest BCUT2D eigenvalue weighted by Gasteiger charge is -2.32. The third kappa shape index (κ3) is 4.40. The molecule has 4 rings (SSSR count). The predicted molar refractivity (Wildman–Crippen MR) is 111 cm³/mol. The van der Waals surface area contributed by atoms with Crippen LogP contribution in [0, 0.1) is 5.82 Å². The number of carbonyl (C=O) groups excluding carboxylic acids is 2. The van der Waals surface area contributed by atoms with Gasteiger partial charge in [0.1, 0.15) is 24.3 Å². The summed E-state index contributed by atoms with van der Waals surface area (Å²) in [6.07, 6.45) is 3.62. The zero-order valence-corrected chi connectivity index (χ0v) is 17.0. The van der Waals surface area contributed by atoms with Gasteiger partial charge < -0.3 is 14.4 Å². The molecule has 0 aromatic heterocycles. The number of benzene rings is 2. The number of Topliss-reactive ketones (excluding diaryl/α,β-unsaturated/α-hetero) is 1. The van der Waals surface area contributed by atoms with Crippen molar-refractivity contribution in [3.05, 3.63) is 70.0 Å². The van der Waals surface area contributed by atoms with Crippen molar-refractivity contribution < 1.29 is 23.5 Å². The first kappa shape index (κ1) is 20.6. The zero-order chi connectivity index (χ0) is 21.1. The maximum absolute atomic E-state index is 13.9. The summed E-state index contributed by atoms with van der Waals surface area (Å²) < 4.78 is 25.5. The number of carbonyl (C=O) groups is 2. The van der Waals surface area contributed by atoms with Crippen LogP contribution in [0.25, 0.3) is 6.08 Å². The van der Waals surface area contributed by atoms with Gasteiger partial charge >= 0.3 is 0 Å². The molecule has 1 aliphatic carbocycles. The van der Waals surface area contributed by atoms with E-state index in [1.807, 2.05) is 18.2 Å². The Morgan fingerprint density at radius 2 is 2.10 bits per heavy atom. The molecule has 7 heteroatoms. The highest BCUT2D eigenvalue weighted by Gasteiger charge is 2.26. The molecule has 1 unspecified atom stereocenters. The van der Waals surface area contributed by atoms with Gasteiger partial charge in [0.15, 0.2) is 5.78 Å². The first-order chi connectivity index (χ1) is 14.5. The smallest absolute Gasteiger partial charge is 0.246 e. The SMILES string of the molecule is O=C1CCc2c(OCC3CN(C(=O)C=Cc4c(F)cccc4Cl)CCO3)cccc21. The largest absolute Gasteiger partial charge is 0.491 e. The van der Waals surface area contributed by atoms with E-state index in [1.54, 1.807) is 11.0 Å². The quantitative estimate of drug-likeness (QED) is 0.676. The molecule has 5 nitrogen and oxygen atoms in total. The van der Waals surface area contributed by atoms with Crippen LogP contribution in [-0.4, -0.2) is 49.0 Å². The fourth-order valence-electron chi connectivity index (χ4n) is 3.73. The van der Waals surface area contributed by atoms with Gasteiger partial charge in [0.2, 0.25) is 5.91 Å². The molecule has 1 saturated heterocycles. The Balaban J connectivity index is 1.36. The Morgan fingerprint density at radius 1 is 1.27 bits per heavy atom. The number of hydrogen-bond acceptors (Lipinski definition) is 4. The number of morpholine rings is 1. The number of ether oxygens (including phenoxy) is 2. The van der Waals surface area contributed by atoms with Crippen molar-refractivity contribution in [1.29, 1.82) is 0 Å². The van der Waals surface area contributed by atoms with E-state index in [0.717, 1.165) is 11.1 Å². The van der Waals surface area contributed by atoms with Crippen LogP contribution in [0.3, 0.4) is 0 Å². The standard InChI is InChI=1S/C23H21ClFNO4/c24-19-4-2-5-20(25)18(19)8-10-23(28)26-11-12-29-15(13-26)14-30-22-6-1-3-16-17(22)7-9-21(16)27/h1-6,8,10,15H,7,9,11-14H2. The number of fused-ring (bicyclic) bond motifs is 1. The summed E-state index contributed by atoms with van der Waals surface area (Å²) in [5.74, 6) is 0.116. The number of halogens is 2. The van der Waals surface area contributed by atoms with E-state index in [4.69, 9.17) is 21.1 Å². The van der Waals surface area contributed by atoms with Crippen LogP contribution in [0.2, 0.25) is 5.02 Å². The maximum Gasteiger partial charge on any atom is 0.246 e. The number of amides is 1. The zero-order valence-electron chi connectivity index (χ0n) is 16.3. The maximum atomic E-state index is 13.9. The van der Waals surface area contributed by atoms with Gasteiger partial charge in [0, 0.05) is 35.7 Å². The molecule has 0 N–H and O–H groups in total. The minimum absolute atomic E-state index is 0.142. The molecule has 156 valence electrons. The highest BCUT2D eigenvalue weighted by atomic mass is 35.5. The Hall–Kier alpha value is -2.70. The molecule has 0 saturated carbocycles. The molecular formula is C23H21ClFNO4. The molecule has 1 amide bonds. The lowest BCUT2D eigenvalue weighted by atomic mass is 10.1. The van der Waals surface area contributed by atoms with Crippen LogP contribution in [0.15, 0.2) is 42.5 Å². The van der Waals surface area contributed by atoms with Crippen molar-refractivity contribution in [2.45, 2.75) is 18.9 Å². The van der Waals surface area contributed by atoms with E-state index < -0.39 is 5.82 Å². The second-order valence-corrected chi connectivity index (χ2v) is 7.67. The normalized spacial score (nSPS) is 18.7. The summed E-state index contributed by atoms with van der Waals surface area (Å²) in [5, 5.41) is 0.251. The summed E-state index contributed by atoms with van der Waals surface area (Å²) in [6, 6.07) is 9.87. The molecule has 30 heavy (non-hydrogen) atoms. The molecule has 0 bridgehead atoms. The highest BCUT2D eigenvalue weighted by Crippen LogP contribution is 2.30. The van der Waals surface area contributed by atoms with Gasteiger partial charge in [-0.05, 0) is 30.7 Å². The molecule has 2 aliphatic rings. The van der Waals surface area contributed by atoms with Crippen molar-refractivity contribution in [3.63, 3.8) is 0 Å². The number of nitrogens with zero attached hydrogens (tertiary/aromatic N) is 1.